The highest BCUT2D eigenvalue weighted by atomic mass is 15.0. The van der Waals surface area contributed by atoms with Gasteiger partial charge in [-0.2, -0.15) is 0 Å². The predicted octanol–water partition coefficient (Wildman–Crippen LogP) is 10.4. The minimum atomic E-state index is 0.647. The summed E-state index contributed by atoms with van der Waals surface area (Å²) in [4.78, 5) is 30.1. The zero-order valence-corrected chi connectivity index (χ0v) is 29.5. The van der Waals surface area contributed by atoms with Crippen LogP contribution in [0.5, 0.6) is 0 Å². The van der Waals surface area contributed by atoms with Gasteiger partial charge in [0.05, 0.1) is 0 Å². The molecule has 256 valence electrons. The molecule has 0 spiro atoms. The fraction of sp³-hybridized carbons (Fsp3) is 0.0833. The summed E-state index contributed by atoms with van der Waals surface area (Å²) in [6.07, 6.45) is 7.87. The van der Waals surface area contributed by atoms with E-state index in [1.54, 1.807) is 0 Å². The van der Waals surface area contributed by atoms with E-state index in [9.17, 15) is 0 Å². The molecule has 29 rings (SSSR count). The maximum absolute atomic E-state index is 5.02. The SMILES string of the molecule is C1=Cc2ccc(cc2)-c2nc3nc(n2)-c2ccc(cc2)CCc2ccc(cc2)-c2nc(nc(n2)-c2ccc(cc2)CCc2ccc-3cc2)-c2ccc1cc2. The molecule has 0 saturated heterocycles. The lowest BCUT2D eigenvalue weighted by molar-refractivity contribution is 0.958. The molecule has 21 aliphatic heterocycles. The Balaban J connectivity index is 1.17. The van der Waals surface area contributed by atoms with Crippen LogP contribution in [-0.2, 0) is 25.7 Å². The minimum Gasteiger partial charge on any atom is -0.208 e. The number of rotatable bonds is 0. The molecule has 18 bridgehead atoms. The van der Waals surface area contributed by atoms with E-state index in [0.29, 0.717) is 34.9 Å². The van der Waals surface area contributed by atoms with Gasteiger partial charge in [0.2, 0.25) is 0 Å². The maximum Gasteiger partial charge on any atom is 0.164 e. The van der Waals surface area contributed by atoms with E-state index in [1.165, 1.54) is 22.3 Å². The van der Waals surface area contributed by atoms with Gasteiger partial charge in [-0.25, -0.2) is 29.9 Å². The average Bonchev–Trinajstić information content (AvgIpc) is 3.24. The van der Waals surface area contributed by atoms with Crippen molar-refractivity contribution in [2.24, 2.45) is 0 Å². The third-order valence-electron chi connectivity index (χ3n) is 10.3. The summed E-state index contributed by atoms with van der Waals surface area (Å²) in [6.45, 7) is 0. The highest BCUT2D eigenvalue weighted by molar-refractivity contribution is 5.74. The van der Waals surface area contributed by atoms with Crippen molar-refractivity contribution in [3.05, 3.63) is 179 Å². The van der Waals surface area contributed by atoms with Crippen molar-refractivity contribution in [2.75, 3.05) is 0 Å². The number of hydrogen-bond donors (Lipinski definition) is 0. The first-order chi connectivity index (χ1) is 26.6. The van der Waals surface area contributed by atoms with Gasteiger partial charge in [0, 0.05) is 33.4 Å². The van der Waals surface area contributed by atoms with Crippen molar-refractivity contribution >= 4 is 12.2 Å². The van der Waals surface area contributed by atoms with Crippen molar-refractivity contribution in [1.82, 2.24) is 29.9 Å². The lowest BCUT2D eigenvalue weighted by Crippen LogP contribution is -2.01. The molecule has 8 aromatic rings. The van der Waals surface area contributed by atoms with E-state index in [2.05, 4.69) is 158 Å². The van der Waals surface area contributed by atoms with Gasteiger partial charge in [0.15, 0.2) is 34.9 Å². The number of aromatic nitrogens is 6. The number of hydrogen-bond acceptors (Lipinski definition) is 6. The van der Waals surface area contributed by atoms with Crippen molar-refractivity contribution in [1.29, 1.82) is 0 Å². The molecule has 2 aromatic heterocycles. The summed E-state index contributed by atoms with van der Waals surface area (Å²) in [5, 5.41) is 0. The maximum atomic E-state index is 5.02. The lowest BCUT2D eigenvalue weighted by Gasteiger charge is -2.11. The summed E-state index contributed by atoms with van der Waals surface area (Å²) >= 11 is 0. The average molecular weight is 695 g/mol. The van der Waals surface area contributed by atoms with E-state index >= 15 is 0 Å². The first kappa shape index (κ1) is 31.8. The van der Waals surface area contributed by atoms with Gasteiger partial charge >= 0.3 is 0 Å². The Kier molecular flexibility index (Phi) is 7.99. The monoisotopic (exact) mass is 694 g/mol. The van der Waals surface area contributed by atoms with Crippen LogP contribution in [0.25, 0.3) is 80.5 Å². The molecular formula is C48H34N6. The number of nitrogens with zero attached hydrogens (tertiary/aromatic N) is 6. The molecule has 0 N–H and O–H groups in total. The Hall–Kier alpha value is -6.92. The molecular weight excluding hydrogens is 661 g/mol. The summed E-state index contributed by atoms with van der Waals surface area (Å²) < 4.78 is 0. The third kappa shape index (κ3) is 6.50. The number of benzene rings is 6. The van der Waals surface area contributed by atoms with Crippen molar-refractivity contribution < 1.29 is 0 Å². The third-order valence-corrected chi connectivity index (χ3v) is 10.3. The summed E-state index contributed by atoms with van der Waals surface area (Å²) in [6, 6.07) is 51.2. The van der Waals surface area contributed by atoms with Crippen molar-refractivity contribution in [3.8, 4) is 68.3 Å². The molecule has 6 heteroatoms. The second-order valence-corrected chi connectivity index (χ2v) is 14.0. The van der Waals surface area contributed by atoms with Crippen LogP contribution in [0.4, 0.5) is 0 Å². The predicted molar refractivity (Wildman–Crippen MR) is 216 cm³/mol. The van der Waals surface area contributed by atoms with E-state index in [4.69, 9.17) is 29.9 Å². The Morgan fingerprint density at radius 3 is 0.611 bits per heavy atom. The van der Waals surface area contributed by atoms with Crippen LogP contribution in [0, 0.1) is 0 Å². The van der Waals surface area contributed by atoms with Gasteiger partial charge in [-0.1, -0.05) is 158 Å². The first-order valence-electron chi connectivity index (χ1n) is 18.4. The van der Waals surface area contributed by atoms with Crippen LogP contribution in [0.1, 0.15) is 33.4 Å². The van der Waals surface area contributed by atoms with Gasteiger partial charge in [0.1, 0.15) is 0 Å². The standard InChI is InChI=1S/C48H34N6/c1-2-32-9-21-38(22-10-32)44-51-47-41-27-15-35(16-28-41)5-3-33-11-23-39(24-12-33)45-49-43(37-19-7-31(1)8-20-37)50-46(53-45)40-25-13-34(14-26-40)4-6-36-17-29-42(30-18-36)48(52-44)54-47/h1-2,7-30H,3-6H2. The van der Waals surface area contributed by atoms with Crippen LogP contribution >= 0.6 is 0 Å². The van der Waals surface area contributed by atoms with E-state index in [0.717, 1.165) is 70.2 Å². The summed E-state index contributed by atoms with van der Waals surface area (Å²) in [5.41, 5.74) is 12.9. The zero-order chi connectivity index (χ0) is 35.8. The fourth-order valence-electron chi connectivity index (χ4n) is 7.06. The highest BCUT2D eigenvalue weighted by Gasteiger charge is 2.15. The summed E-state index contributed by atoms with van der Waals surface area (Å²) in [7, 11) is 0. The Morgan fingerprint density at radius 1 is 0.222 bits per heavy atom. The molecule has 21 aliphatic rings. The topological polar surface area (TPSA) is 77.3 Å². The van der Waals surface area contributed by atoms with Gasteiger partial charge < -0.3 is 0 Å². The fourth-order valence-corrected chi connectivity index (χ4v) is 7.06. The molecule has 0 amide bonds. The molecule has 0 fully saturated rings. The molecule has 6 aromatic carbocycles. The van der Waals surface area contributed by atoms with E-state index < -0.39 is 0 Å². The van der Waals surface area contributed by atoms with Gasteiger partial charge in [-0.3, -0.25) is 0 Å². The Morgan fingerprint density at radius 2 is 0.407 bits per heavy atom. The molecule has 0 aliphatic carbocycles. The molecule has 0 atom stereocenters. The Bertz CT molecular complexity index is 2330. The van der Waals surface area contributed by atoms with Gasteiger partial charge in [-0.15, -0.1) is 0 Å². The second kappa shape index (κ2) is 13.6. The van der Waals surface area contributed by atoms with Crippen molar-refractivity contribution in [3.63, 3.8) is 0 Å². The molecule has 0 radical (unpaired) electrons. The van der Waals surface area contributed by atoms with Crippen LogP contribution in [0.2, 0.25) is 0 Å². The Labute approximate surface area is 314 Å². The number of aryl methyl sites for hydroxylation is 4. The van der Waals surface area contributed by atoms with E-state index in [-0.39, 0.29) is 0 Å². The largest absolute Gasteiger partial charge is 0.208 e. The molecule has 6 nitrogen and oxygen atoms in total. The smallest absolute Gasteiger partial charge is 0.164 e. The quantitative estimate of drug-likeness (QED) is 0.157. The van der Waals surface area contributed by atoms with Crippen LogP contribution < -0.4 is 0 Å². The lowest BCUT2D eigenvalue weighted by atomic mass is 10.0. The highest BCUT2D eigenvalue weighted by Crippen LogP contribution is 2.29. The minimum absolute atomic E-state index is 0.647. The van der Waals surface area contributed by atoms with Gasteiger partial charge in [-0.05, 0) is 59.1 Å². The molecule has 23 heterocycles. The van der Waals surface area contributed by atoms with Crippen molar-refractivity contribution in [2.45, 2.75) is 25.7 Å². The second-order valence-electron chi connectivity index (χ2n) is 14.0. The normalized spacial score (nSPS) is 12.8. The first-order valence-corrected chi connectivity index (χ1v) is 18.4. The molecule has 0 saturated carbocycles. The van der Waals surface area contributed by atoms with E-state index in [1.807, 2.05) is 0 Å². The van der Waals surface area contributed by atoms with Crippen LogP contribution in [0.3, 0.4) is 0 Å². The van der Waals surface area contributed by atoms with Crippen LogP contribution in [0.15, 0.2) is 146 Å². The zero-order valence-electron chi connectivity index (χ0n) is 29.5. The summed E-state index contributed by atoms with van der Waals surface area (Å²) in [5.74, 6) is 3.92. The molecule has 54 heavy (non-hydrogen) atoms. The van der Waals surface area contributed by atoms with Gasteiger partial charge in [0.25, 0.3) is 0 Å². The van der Waals surface area contributed by atoms with Crippen LogP contribution in [-0.4, -0.2) is 29.9 Å². The molecule has 0 unspecified atom stereocenters.